The molecule has 0 bridgehead atoms. The van der Waals surface area contributed by atoms with Crippen molar-refractivity contribution in [2.24, 2.45) is 5.92 Å². The van der Waals surface area contributed by atoms with Crippen molar-refractivity contribution in [2.45, 2.75) is 52.0 Å². The molecule has 0 saturated carbocycles. The lowest BCUT2D eigenvalue weighted by Crippen LogP contribution is -2.42. The SMILES string of the molecule is COC(=O)C[C@@H](C)c1ccc(N(CC(C)C)C2CCOCC2)c(Nc2ccc(Cl)c(C#N)n2)c1. The Morgan fingerprint density at radius 2 is 2.03 bits per heavy atom. The topological polar surface area (TPSA) is 87.5 Å². The first-order chi connectivity index (χ1) is 16.3. The minimum atomic E-state index is -0.243. The number of hydrogen-bond acceptors (Lipinski definition) is 7. The van der Waals surface area contributed by atoms with E-state index in [0.717, 1.165) is 49.5 Å². The smallest absolute Gasteiger partial charge is 0.306 e. The number of hydrogen-bond donors (Lipinski definition) is 1. The van der Waals surface area contributed by atoms with E-state index in [1.54, 1.807) is 12.1 Å². The van der Waals surface area contributed by atoms with Crippen molar-refractivity contribution in [2.75, 3.05) is 37.1 Å². The summed E-state index contributed by atoms with van der Waals surface area (Å²) in [4.78, 5) is 18.7. The van der Waals surface area contributed by atoms with E-state index < -0.39 is 0 Å². The zero-order chi connectivity index (χ0) is 24.7. The number of nitrogens with zero attached hydrogens (tertiary/aromatic N) is 3. The molecule has 7 nitrogen and oxygen atoms in total. The molecule has 1 aromatic heterocycles. The summed E-state index contributed by atoms with van der Waals surface area (Å²) >= 11 is 6.09. The fourth-order valence-corrected chi connectivity index (χ4v) is 4.37. The summed E-state index contributed by atoms with van der Waals surface area (Å²) in [6, 6.07) is 12.1. The molecule has 0 radical (unpaired) electrons. The molecular formula is C26H33ClN4O3. The zero-order valence-electron chi connectivity index (χ0n) is 20.3. The number of pyridine rings is 1. The van der Waals surface area contributed by atoms with E-state index in [1.807, 2.05) is 13.0 Å². The molecule has 1 aromatic carbocycles. The molecule has 0 amide bonds. The first-order valence-corrected chi connectivity index (χ1v) is 12.1. The van der Waals surface area contributed by atoms with Gasteiger partial charge >= 0.3 is 5.97 Å². The van der Waals surface area contributed by atoms with E-state index in [1.165, 1.54) is 7.11 Å². The van der Waals surface area contributed by atoms with Crippen LogP contribution in [0.5, 0.6) is 0 Å². The summed E-state index contributed by atoms with van der Waals surface area (Å²) in [6.07, 6.45) is 2.22. The highest BCUT2D eigenvalue weighted by Crippen LogP contribution is 2.36. The number of methoxy groups -OCH3 is 1. The Hall–Kier alpha value is -2.82. The Bertz CT molecular complexity index is 1030. The van der Waals surface area contributed by atoms with Gasteiger partial charge in [-0.3, -0.25) is 4.79 Å². The molecule has 1 fully saturated rings. The number of benzene rings is 1. The van der Waals surface area contributed by atoms with Gasteiger partial charge in [-0.05, 0) is 54.5 Å². The number of halogens is 1. The predicted molar refractivity (Wildman–Crippen MR) is 135 cm³/mol. The quantitative estimate of drug-likeness (QED) is 0.459. The third kappa shape index (κ3) is 6.62. The number of carbonyl (C=O) groups excluding carboxylic acids is 1. The van der Waals surface area contributed by atoms with Crippen LogP contribution in [-0.4, -0.2) is 43.9 Å². The summed E-state index contributed by atoms with van der Waals surface area (Å²) in [5.41, 5.74) is 3.12. The second kappa shape index (κ2) is 12.0. The Balaban J connectivity index is 2.04. The highest BCUT2D eigenvalue weighted by atomic mass is 35.5. The van der Waals surface area contributed by atoms with Gasteiger partial charge in [0.25, 0.3) is 0 Å². The average molecular weight is 485 g/mol. The van der Waals surface area contributed by atoms with Gasteiger partial charge in [0, 0.05) is 25.8 Å². The van der Waals surface area contributed by atoms with Gasteiger partial charge in [0.2, 0.25) is 0 Å². The van der Waals surface area contributed by atoms with Gasteiger partial charge in [0.1, 0.15) is 11.9 Å². The summed E-state index contributed by atoms with van der Waals surface area (Å²) < 4.78 is 10.5. The van der Waals surface area contributed by atoms with Gasteiger partial charge in [0.15, 0.2) is 5.69 Å². The first-order valence-electron chi connectivity index (χ1n) is 11.7. The normalized spacial score (nSPS) is 15.0. The number of anilines is 3. The van der Waals surface area contributed by atoms with Crippen LogP contribution < -0.4 is 10.2 Å². The van der Waals surface area contributed by atoms with Crippen molar-refractivity contribution in [3.63, 3.8) is 0 Å². The lowest BCUT2D eigenvalue weighted by atomic mass is 9.95. The lowest BCUT2D eigenvalue weighted by molar-refractivity contribution is -0.140. The average Bonchev–Trinajstić information content (AvgIpc) is 2.84. The minimum absolute atomic E-state index is 0.0171. The van der Waals surface area contributed by atoms with Crippen LogP contribution in [0, 0.1) is 17.2 Å². The third-order valence-corrected chi connectivity index (χ3v) is 6.31. The van der Waals surface area contributed by atoms with Gasteiger partial charge < -0.3 is 19.7 Å². The van der Waals surface area contributed by atoms with Crippen LogP contribution >= 0.6 is 11.6 Å². The van der Waals surface area contributed by atoms with Crippen LogP contribution in [0.25, 0.3) is 0 Å². The van der Waals surface area contributed by atoms with Crippen LogP contribution in [0.4, 0.5) is 17.2 Å². The van der Waals surface area contributed by atoms with Gasteiger partial charge in [-0.15, -0.1) is 0 Å². The Morgan fingerprint density at radius 3 is 2.68 bits per heavy atom. The van der Waals surface area contributed by atoms with Crippen molar-refractivity contribution in [1.29, 1.82) is 5.26 Å². The highest BCUT2D eigenvalue weighted by molar-refractivity contribution is 6.31. The molecule has 3 rings (SSSR count). The molecule has 1 atom stereocenters. The van der Waals surface area contributed by atoms with E-state index in [-0.39, 0.29) is 17.6 Å². The van der Waals surface area contributed by atoms with Crippen molar-refractivity contribution in [3.8, 4) is 6.07 Å². The maximum atomic E-state index is 11.9. The van der Waals surface area contributed by atoms with Crippen molar-refractivity contribution in [3.05, 3.63) is 46.6 Å². The first kappa shape index (κ1) is 25.8. The number of rotatable bonds is 9. The summed E-state index contributed by atoms with van der Waals surface area (Å²) in [7, 11) is 1.40. The Kier molecular flexibility index (Phi) is 9.14. The van der Waals surface area contributed by atoms with E-state index in [0.29, 0.717) is 29.2 Å². The molecule has 1 saturated heterocycles. The fourth-order valence-electron chi connectivity index (χ4n) is 4.22. The van der Waals surface area contributed by atoms with E-state index in [2.05, 4.69) is 47.2 Å². The van der Waals surface area contributed by atoms with E-state index >= 15 is 0 Å². The molecule has 0 spiro atoms. The second-order valence-corrected chi connectivity index (χ2v) is 9.52. The molecule has 1 aliphatic heterocycles. The summed E-state index contributed by atoms with van der Waals surface area (Å²) in [6.45, 7) is 8.84. The molecule has 1 aliphatic rings. The standard InChI is InChI=1S/C26H33ClN4O3/c1-17(2)16-31(20-9-11-34-12-10-20)24-7-5-19(18(3)13-26(32)33-4)14-22(24)29-25-8-6-21(27)23(15-28)30-25/h5-8,14,17-18,20H,9-13,16H2,1-4H3,(H,29,30)/t18-/m1/s1. The van der Waals surface area contributed by atoms with E-state index in [9.17, 15) is 10.1 Å². The van der Waals surface area contributed by atoms with Crippen LogP contribution in [0.15, 0.2) is 30.3 Å². The van der Waals surface area contributed by atoms with Crippen molar-refractivity contribution < 1.29 is 14.3 Å². The number of carbonyl (C=O) groups is 1. The van der Waals surface area contributed by atoms with Gasteiger partial charge in [0.05, 0.1) is 29.9 Å². The molecule has 1 N–H and O–H groups in total. The second-order valence-electron chi connectivity index (χ2n) is 9.11. The summed E-state index contributed by atoms with van der Waals surface area (Å²) in [5.74, 6) is 0.744. The highest BCUT2D eigenvalue weighted by Gasteiger charge is 2.25. The molecule has 2 heterocycles. The van der Waals surface area contributed by atoms with Gasteiger partial charge in [-0.1, -0.05) is 38.4 Å². The van der Waals surface area contributed by atoms with Crippen LogP contribution in [0.3, 0.4) is 0 Å². The Labute approximate surface area is 207 Å². The summed E-state index contributed by atoms with van der Waals surface area (Å²) in [5, 5.41) is 13.1. The molecule has 2 aromatic rings. The van der Waals surface area contributed by atoms with Gasteiger partial charge in [-0.25, -0.2) is 4.98 Å². The van der Waals surface area contributed by atoms with Crippen LogP contribution in [-0.2, 0) is 14.3 Å². The maximum absolute atomic E-state index is 11.9. The van der Waals surface area contributed by atoms with Crippen molar-refractivity contribution in [1.82, 2.24) is 4.98 Å². The Morgan fingerprint density at radius 1 is 1.29 bits per heavy atom. The lowest BCUT2D eigenvalue weighted by Gasteiger charge is -2.38. The van der Waals surface area contributed by atoms with E-state index in [4.69, 9.17) is 21.1 Å². The zero-order valence-corrected chi connectivity index (χ0v) is 21.1. The minimum Gasteiger partial charge on any atom is -0.469 e. The molecule has 182 valence electrons. The predicted octanol–water partition coefficient (Wildman–Crippen LogP) is 5.66. The number of esters is 1. The maximum Gasteiger partial charge on any atom is 0.306 e. The fraction of sp³-hybridized carbons (Fsp3) is 0.500. The van der Waals surface area contributed by atoms with Crippen LogP contribution in [0.2, 0.25) is 5.02 Å². The molecule has 0 aliphatic carbocycles. The van der Waals surface area contributed by atoms with Crippen molar-refractivity contribution >= 4 is 34.8 Å². The molecule has 8 heteroatoms. The molecule has 0 unspecified atom stereocenters. The largest absolute Gasteiger partial charge is 0.469 e. The number of nitrogens with one attached hydrogen (secondary N) is 1. The number of nitriles is 1. The van der Waals surface area contributed by atoms with Gasteiger partial charge in [-0.2, -0.15) is 5.26 Å². The molecule has 34 heavy (non-hydrogen) atoms. The third-order valence-electron chi connectivity index (χ3n) is 6.01. The number of ether oxygens (including phenoxy) is 2. The monoisotopic (exact) mass is 484 g/mol. The van der Waals surface area contributed by atoms with Crippen LogP contribution in [0.1, 0.15) is 57.2 Å². The molecular weight excluding hydrogens is 452 g/mol. The number of aromatic nitrogens is 1.